The lowest BCUT2D eigenvalue weighted by Gasteiger charge is -2.21. The van der Waals surface area contributed by atoms with E-state index < -0.39 is 0 Å². The fourth-order valence-electron chi connectivity index (χ4n) is 1.95. The molecule has 0 amide bonds. The molecule has 1 aromatic rings. The van der Waals surface area contributed by atoms with Crippen LogP contribution in [0.4, 0.5) is 0 Å². The monoisotopic (exact) mass is 424 g/mol. The van der Waals surface area contributed by atoms with E-state index in [-0.39, 0.29) is 24.0 Å². The molecule has 0 radical (unpaired) electrons. The zero-order chi connectivity index (χ0) is 15.0. The number of nitrogens with zero attached hydrogens (tertiary/aromatic N) is 3. The lowest BCUT2D eigenvalue weighted by Crippen LogP contribution is -2.38. The average molecular weight is 424 g/mol. The topological polar surface area (TPSA) is 40.5 Å². The second kappa shape index (κ2) is 11.2. The van der Waals surface area contributed by atoms with E-state index in [2.05, 4.69) is 48.4 Å². The van der Waals surface area contributed by atoms with Crippen molar-refractivity contribution >= 4 is 41.3 Å². The molecule has 21 heavy (non-hydrogen) atoms. The molecule has 6 heteroatoms. The number of guanidine groups is 1. The maximum Gasteiger partial charge on any atom is 0.194 e. The molecule has 1 aromatic heterocycles. The van der Waals surface area contributed by atoms with Gasteiger partial charge in [0.25, 0.3) is 0 Å². The van der Waals surface area contributed by atoms with Gasteiger partial charge in [-0.1, -0.05) is 13.8 Å². The molecule has 0 unspecified atom stereocenters. The van der Waals surface area contributed by atoms with Crippen LogP contribution in [0.2, 0.25) is 0 Å². The fourth-order valence-corrected chi connectivity index (χ4v) is 2.56. The van der Waals surface area contributed by atoms with E-state index in [1.54, 1.807) is 11.3 Å². The number of aliphatic imine (C=N–C) groups is 1. The predicted molar refractivity (Wildman–Crippen MR) is 104 cm³/mol. The van der Waals surface area contributed by atoms with Crippen molar-refractivity contribution < 1.29 is 0 Å². The Kier molecular flexibility index (Phi) is 11.0. The summed E-state index contributed by atoms with van der Waals surface area (Å²) in [5, 5.41) is 6.59. The Hall–Kier alpha value is -0.370. The first kappa shape index (κ1) is 20.6. The van der Waals surface area contributed by atoms with Crippen LogP contribution < -0.4 is 5.32 Å². The third kappa shape index (κ3) is 8.60. The highest BCUT2D eigenvalue weighted by atomic mass is 127. The van der Waals surface area contributed by atoms with E-state index in [1.165, 1.54) is 6.42 Å². The number of aromatic nitrogens is 1. The van der Waals surface area contributed by atoms with Gasteiger partial charge in [0.2, 0.25) is 0 Å². The number of nitrogens with one attached hydrogen (secondary N) is 1. The third-order valence-corrected chi connectivity index (χ3v) is 3.79. The van der Waals surface area contributed by atoms with Crippen LogP contribution in [0.25, 0.3) is 0 Å². The lowest BCUT2D eigenvalue weighted by molar-refractivity contribution is 0.469. The second-order valence-electron chi connectivity index (χ2n) is 5.49. The van der Waals surface area contributed by atoms with E-state index in [0.717, 1.165) is 48.6 Å². The van der Waals surface area contributed by atoms with Crippen molar-refractivity contribution in [3.05, 3.63) is 16.1 Å². The van der Waals surface area contributed by atoms with Gasteiger partial charge in [0, 0.05) is 25.5 Å². The molecular weight excluding hydrogens is 395 g/mol. The number of hydrogen-bond donors (Lipinski definition) is 1. The van der Waals surface area contributed by atoms with Crippen LogP contribution >= 0.6 is 35.3 Å². The second-order valence-corrected chi connectivity index (χ2v) is 6.55. The van der Waals surface area contributed by atoms with Crippen molar-refractivity contribution in [2.75, 3.05) is 20.1 Å². The van der Waals surface area contributed by atoms with Crippen molar-refractivity contribution in [2.24, 2.45) is 10.9 Å². The van der Waals surface area contributed by atoms with Crippen molar-refractivity contribution in [2.45, 2.75) is 47.1 Å². The van der Waals surface area contributed by atoms with E-state index in [9.17, 15) is 0 Å². The Morgan fingerprint density at radius 1 is 1.48 bits per heavy atom. The molecule has 0 spiro atoms. The predicted octanol–water partition coefficient (Wildman–Crippen LogP) is 3.90. The summed E-state index contributed by atoms with van der Waals surface area (Å²) in [5.74, 6) is 1.73. The smallest absolute Gasteiger partial charge is 0.194 e. The first-order chi connectivity index (χ1) is 9.52. The summed E-state index contributed by atoms with van der Waals surface area (Å²) >= 11 is 1.70. The van der Waals surface area contributed by atoms with E-state index >= 15 is 0 Å². The van der Waals surface area contributed by atoms with Gasteiger partial charge in [-0.25, -0.2) is 4.98 Å². The fraction of sp³-hybridized carbons (Fsp3) is 0.733. The standard InChI is InChI=1S/C15H28N4S.HI/c1-6-16-15(17-9-7-8-12(2)3)19(5)10-14-11-20-13(4)18-14;/h11-12H,6-10H2,1-5H3,(H,16,17);1H. The van der Waals surface area contributed by atoms with Gasteiger partial charge in [-0.05, 0) is 32.6 Å². The minimum absolute atomic E-state index is 0. The summed E-state index contributed by atoms with van der Waals surface area (Å²) in [4.78, 5) is 11.3. The Morgan fingerprint density at radius 2 is 2.19 bits per heavy atom. The number of rotatable bonds is 7. The summed E-state index contributed by atoms with van der Waals surface area (Å²) in [6.07, 6.45) is 2.38. The molecule has 0 bridgehead atoms. The van der Waals surface area contributed by atoms with Gasteiger partial charge in [0.15, 0.2) is 5.96 Å². The van der Waals surface area contributed by atoms with Crippen LogP contribution in [-0.4, -0.2) is 36.0 Å². The highest BCUT2D eigenvalue weighted by Gasteiger charge is 2.08. The maximum absolute atomic E-state index is 4.70. The third-order valence-electron chi connectivity index (χ3n) is 2.96. The lowest BCUT2D eigenvalue weighted by atomic mass is 10.1. The van der Waals surface area contributed by atoms with E-state index in [0.29, 0.717) is 0 Å². The number of aryl methyl sites for hydroxylation is 1. The first-order valence-electron chi connectivity index (χ1n) is 7.43. The summed E-state index contributed by atoms with van der Waals surface area (Å²) in [6, 6.07) is 0. The SMILES string of the molecule is CCNC(=NCCCC(C)C)N(C)Cc1csc(C)n1.I. The molecule has 4 nitrogen and oxygen atoms in total. The molecule has 0 fully saturated rings. The minimum Gasteiger partial charge on any atom is -0.357 e. The van der Waals surface area contributed by atoms with Crippen LogP contribution in [0.15, 0.2) is 10.4 Å². The van der Waals surface area contributed by atoms with Gasteiger partial charge < -0.3 is 10.2 Å². The van der Waals surface area contributed by atoms with Crippen molar-refractivity contribution in [3.8, 4) is 0 Å². The van der Waals surface area contributed by atoms with Crippen LogP contribution in [-0.2, 0) is 6.54 Å². The Morgan fingerprint density at radius 3 is 2.71 bits per heavy atom. The highest BCUT2D eigenvalue weighted by Crippen LogP contribution is 2.10. The Labute approximate surface area is 150 Å². The quantitative estimate of drug-likeness (QED) is 0.312. The van der Waals surface area contributed by atoms with Crippen LogP contribution in [0.5, 0.6) is 0 Å². The number of thiazole rings is 1. The zero-order valence-electron chi connectivity index (χ0n) is 13.8. The molecule has 0 aliphatic carbocycles. The summed E-state index contributed by atoms with van der Waals surface area (Å²) in [7, 11) is 2.07. The van der Waals surface area contributed by atoms with E-state index in [1.807, 2.05) is 6.92 Å². The summed E-state index contributed by atoms with van der Waals surface area (Å²) < 4.78 is 0. The van der Waals surface area contributed by atoms with Crippen LogP contribution in [0.3, 0.4) is 0 Å². The normalized spacial score (nSPS) is 11.4. The largest absolute Gasteiger partial charge is 0.357 e. The average Bonchev–Trinajstić information content (AvgIpc) is 2.78. The van der Waals surface area contributed by atoms with Gasteiger partial charge in [-0.3, -0.25) is 4.99 Å². The first-order valence-corrected chi connectivity index (χ1v) is 8.31. The molecule has 0 atom stereocenters. The van der Waals surface area contributed by atoms with Crippen molar-refractivity contribution in [1.29, 1.82) is 0 Å². The molecule has 0 saturated heterocycles. The van der Waals surface area contributed by atoms with Gasteiger partial charge >= 0.3 is 0 Å². The molecule has 1 N–H and O–H groups in total. The van der Waals surface area contributed by atoms with Crippen LogP contribution in [0, 0.1) is 12.8 Å². The number of halogens is 1. The van der Waals surface area contributed by atoms with Crippen molar-refractivity contribution in [3.63, 3.8) is 0 Å². The maximum atomic E-state index is 4.70. The molecule has 1 rings (SSSR count). The van der Waals surface area contributed by atoms with Gasteiger partial charge in [0.1, 0.15) is 0 Å². The molecule has 0 aromatic carbocycles. The van der Waals surface area contributed by atoms with E-state index in [4.69, 9.17) is 4.99 Å². The van der Waals surface area contributed by atoms with Gasteiger partial charge in [-0.15, -0.1) is 35.3 Å². The highest BCUT2D eigenvalue weighted by molar-refractivity contribution is 14.0. The Bertz CT molecular complexity index is 418. The molecule has 0 aliphatic rings. The molecule has 1 heterocycles. The molecule has 0 saturated carbocycles. The van der Waals surface area contributed by atoms with Crippen LogP contribution in [0.1, 0.15) is 44.3 Å². The van der Waals surface area contributed by atoms with Gasteiger partial charge in [-0.2, -0.15) is 0 Å². The molecule has 122 valence electrons. The Balaban J connectivity index is 0.00000400. The zero-order valence-corrected chi connectivity index (χ0v) is 17.0. The van der Waals surface area contributed by atoms with Crippen molar-refractivity contribution in [1.82, 2.24) is 15.2 Å². The molecule has 0 aliphatic heterocycles. The summed E-state index contributed by atoms with van der Waals surface area (Å²) in [6.45, 7) is 11.2. The number of hydrogen-bond acceptors (Lipinski definition) is 3. The van der Waals surface area contributed by atoms with Gasteiger partial charge in [0.05, 0.1) is 17.2 Å². The minimum atomic E-state index is 0. The molecular formula is C15H29IN4S. The summed E-state index contributed by atoms with van der Waals surface area (Å²) in [5.41, 5.74) is 1.11.